The molecule has 0 aromatic heterocycles. The maximum atomic E-state index is 12.7. The van der Waals surface area contributed by atoms with E-state index in [1.54, 1.807) is 25.1 Å². The maximum absolute atomic E-state index is 12.7. The molecule has 0 radical (unpaired) electrons. The molecule has 0 amide bonds. The molecule has 0 heterocycles. The Hall–Kier alpha value is -1.62. The lowest BCUT2D eigenvalue weighted by Crippen LogP contribution is -2.42. The third-order valence-electron chi connectivity index (χ3n) is 5.03. The summed E-state index contributed by atoms with van der Waals surface area (Å²) in [6.07, 6.45) is 2.25. The number of hydrogen-bond acceptors (Lipinski definition) is 4. The zero-order valence-corrected chi connectivity index (χ0v) is 17.6. The maximum Gasteiger partial charge on any atom is 0.240 e. The molecule has 0 atom stereocenters. The summed E-state index contributed by atoms with van der Waals surface area (Å²) in [5.74, 6) is 0. The standard InChI is InChI=1S/C20H20Cl2N2O3S/c1-20(25)8-6-15(7-9-20)24-28(26,27)16-3-5-18(19(22)11-16)17-4-2-14(21)10-13(17)12-23/h2-5,10-11,15,24-25H,6-9H2,1H3/t15-,20-. The molecule has 2 N–H and O–H groups in total. The van der Waals surface area contributed by atoms with E-state index in [1.165, 1.54) is 18.2 Å². The largest absolute Gasteiger partial charge is 0.390 e. The highest BCUT2D eigenvalue weighted by molar-refractivity contribution is 7.89. The van der Waals surface area contributed by atoms with E-state index in [0.29, 0.717) is 47.4 Å². The van der Waals surface area contributed by atoms with Crippen LogP contribution in [0.15, 0.2) is 41.3 Å². The molecule has 0 spiro atoms. The third kappa shape index (κ3) is 4.68. The molecule has 5 nitrogen and oxygen atoms in total. The van der Waals surface area contributed by atoms with Crippen molar-refractivity contribution in [2.75, 3.05) is 0 Å². The fourth-order valence-corrected chi connectivity index (χ4v) is 5.22. The van der Waals surface area contributed by atoms with Crippen molar-refractivity contribution in [1.82, 2.24) is 4.72 Å². The average Bonchev–Trinajstić information content (AvgIpc) is 2.63. The number of nitrogens with one attached hydrogen (secondary N) is 1. The minimum Gasteiger partial charge on any atom is -0.390 e. The van der Waals surface area contributed by atoms with Gasteiger partial charge in [-0.1, -0.05) is 35.3 Å². The summed E-state index contributed by atoms with van der Waals surface area (Å²) in [4.78, 5) is 0.0612. The van der Waals surface area contributed by atoms with Crippen LogP contribution in [0, 0.1) is 11.3 Å². The summed E-state index contributed by atoms with van der Waals surface area (Å²) in [6, 6.07) is 11.2. The second-order valence-corrected chi connectivity index (χ2v) is 9.89. The van der Waals surface area contributed by atoms with Gasteiger partial charge < -0.3 is 5.11 Å². The van der Waals surface area contributed by atoms with Gasteiger partial charge in [0.2, 0.25) is 10.0 Å². The molecule has 0 aliphatic heterocycles. The lowest BCUT2D eigenvalue weighted by Gasteiger charge is -2.33. The first-order valence-corrected chi connectivity index (χ1v) is 11.1. The number of sulfonamides is 1. The van der Waals surface area contributed by atoms with Gasteiger partial charge in [-0.25, -0.2) is 13.1 Å². The predicted molar refractivity (Wildman–Crippen MR) is 110 cm³/mol. The Labute approximate surface area is 175 Å². The lowest BCUT2D eigenvalue weighted by atomic mass is 9.84. The van der Waals surface area contributed by atoms with Gasteiger partial charge in [0, 0.05) is 27.2 Å². The highest BCUT2D eigenvalue weighted by Crippen LogP contribution is 2.34. The molecule has 3 rings (SSSR count). The molecule has 0 bridgehead atoms. The van der Waals surface area contributed by atoms with Crippen LogP contribution in [0.2, 0.25) is 10.0 Å². The van der Waals surface area contributed by atoms with Gasteiger partial charge in [-0.3, -0.25) is 0 Å². The van der Waals surface area contributed by atoms with Crippen molar-refractivity contribution in [2.24, 2.45) is 0 Å². The number of hydrogen-bond donors (Lipinski definition) is 2. The minimum absolute atomic E-state index is 0.0612. The van der Waals surface area contributed by atoms with E-state index in [-0.39, 0.29) is 16.0 Å². The smallest absolute Gasteiger partial charge is 0.240 e. The molecule has 8 heteroatoms. The summed E-state index contributed by atoms with van der Waals surface area (Å²) in [7, 11) is -3.74. The monoisotopic (exact) mass is 438 g/mol. The van der Waals surface area contributed by atoms with Gasteiger partial charge in [-0.05, 0) is 56.9 Å². The van der Waals surface area contributed by atoms with Gasteiger partial charge in [-0.2, -0.15) is 5.26 Å². The van der Waals surface area contributed by atoms with E-state index in [1.807, 2.05) is 0 Å². The number of aliphatic hydroxyl groups is 1. The minimum atomic E-state index is -3.74. The topological polar surface area (TPSA) is 90.2 Å². The summed E-state index contributed by atoms with van der Waals surface area (Å²) in [5, 5.41) is 20.0. The molecule has 1 fully saturated rings. The van der Waals surface area contributed by atoms with Crippen LogP contribution in [0.25, 0.3) is 11.1 Å². The van der Waals surface area contributed by atoms with E-state index < -0.39 is 15.6 Å². The molecular formula is C20H20Cl2N2O3S. The first-order chi connectivity index (χ1) is 13.1. The van der Waals surface area contributed by atoms with Crippen LogP contribution in [0.5, 0.6) is 0 Å². The van der Waals surface area contributed by atoms with Crippen molar-refractivity contribution < 1.29 is 13.5 Å². The van der Waals surface area contributed by atoms with Crippen molar-refractivity contribution in [1.29, 1.82) is 5.26 Å². The molecule has 2 aromatic rings. The first kappa shape index (κ1) is 21.1. The van der Waals surface area contributed by atoms with Gasteiger partial charge in [0.1, 0.15) is 0 Å². The van der Waals surface area contributed by atoms with Crippen LogP contribution >= 0.6 is 23.2 Å². The van der Waals surface area contributed by atoms with Crippen LogP contribution in [0.1, 0.15) is 38.2 Å². The van der Waals surface area contributed by atoms with Crippen LogP contribution in [-0.4, -0.2) is 25.2 Å². The molecule has 1 aliphatic rings. The Balaban J connectivity index is 1.85. The average molecular weight is 439 g/mol. The third-order valence-corrected chi connectivity index (χ3v) is 7.09. The molecule has 2 aromatic carbocycles. The molecule has 1 aliphatic carbocycles. The van der Waals surface area contributed by atoms with Gasteiger partial charge in [0.05, 0.1) is 22.1 Å². The van der Waals surface area contributed by atoms with Crippen molar-refractivity contribution in [3.8, 4) is 17.2 Å². The summed E-state index contributed by atoms with van der Waals surface area (Å²) in [6.45, 7) is 1.77. The van der Waals surface area contributed by atoms with Crippen LogP contribution < -0.4 is 4.72 Å². The van der Waals surface area contributed by atoms with Crippen molar-refractivity contribution in [2.45, 2.75) is 49.1 Å². The van der Waals surface area contributed by atoms with Gasteiger partial charge in [0.25, 0.3) is 0 Å². The predicted octanol–water partition coefficient (Wildman–Crippen LogP) is 4.50. The normalized spacial score (nSPS) is 22.6. The molecule has 28 heavy (non-hydrogen) atoms. The first-order valence-electron chi connectivity index (χ1n) is 8.86. The molecular weight excluding hydrogens is 419 g/mol. The van der Waals surface area contributed by atoms with Crippen molar-refractivity contribution >= 4 is 33.2 Å². The number of nitrogens with zero attached hydrogens (tertiary/aromatic N) is 1. The summed E-state index contributed by atoms with van der Waals surface area (Å²) < 4.78 is 28.2. The zero-order valence-electron chi connectivity index (χ0n) is 15.2. The van der Waals surface area contributed by atoms with E-state index in [9.17, 15) is 18.8 Å². The Morgan fingerprint density at radius 1 is 1.14 bits per heavy atom. The number of halogens is 2. The number of rotatable bonds is 4. The fourth-order valence-electron chi connectivity index (χ4n) is 3.37. The lowest BCUT2D eigenvalue weighted by molar-refractivity contribution is 0.0163. The molecule has 0 unspecified atom stereocenters. The van der Waals surface area contributed by atoms with E-state index in [4.69, 9.17) is 23.2 Å². The van der Waals surface area contributed by atoms with Crippen LogP contribution in [0.4, 0.5) is 0 Å². The van der Waals surface area contributed by atoms with Crippen LogP contribution in [0.3, 0.4) is 0 Å². The second-order valence-electron chi connectivity index (χ2n) is 7.34. The van der Waals surface area contributed by atoms with E-state index in [2.05, 4.69) is 10.8 Å². The Morgan fingerprint density at radius 2 is 1.79 bits per heavy atom. The Morgan fingerprint density at radius 3 is 2.39 bits per heavy atom. The summed E-state index contributed by atoms with van der Waals surface area (Å²) in [5.41, 5.74) is 0.771. The van der Waals surface area contributed by atoms with Crippen LogP contribution in [-0.2, 0) is 10.0 Å². The van der Waals surface area contributed by atoms with E-state index in [0.717, 1.165) is 0 Å². The quantitative estimate of drug-likeness (QED) is 0.734. The highest BCUT2D eigenvalue weighted by Gasteiger charge is 2.31. The summed E-state index contributed by atoms with van der Waals surface area (Å²) >= 11 is 12.3. The number of nitriles is 1. The second kappa shape index (κ2) is 8.02. The SMILES string of the molecule is C[C@]1(O)CC[C@H](NS(=O)(=O)c2ccc(-c3ccc(Cl)cc3C#N)c(Cl)c2)CC1. The van der Waals surface area contributed by atoms with Gasteiger partial charge in [-0.15, -0.1) is 0 Å². The van der Waals surface area contributed by atoms with Crippen molar-refractivity contribution in [3.63, 3.8) is 0 Å². The zero-order chi connectivity index (χ0) is 20.5. The van der Waals surface area contributed by atoms with E-state index >= 15 is 0 Å². The molecule has 0 saturated heterocycles. The number of benzene rings is 2. The Bertz CT molecular complexity index is 1040. The molecule has 1 saturated carbocycles. The van der Waals surface area contributed by atoms with Crippen molar-refractivity contribution in [3.05, 3.63) is 52.0 Å². The molecule has 148 valence electrons. The Kier molecular flexibility index (Phi) is 6.04. The fraction of sp³-hybridized carbons (Fsp3) is 0.350. The highest BCUT2D eigenvalue weighted by atomic mass is 35.5. The van der Waals surface area contributed by atoms with Gasteiger partial charge in [0.15, 0.2) is 0 Å². The van der Waals surface area contributed by atoms with Gasteiger partial charge >= 0.3 is 0 Å².